The third-order valence-corrected chi connectivity index (χ3v) is 13.3. The van der Waals surface area contributed by atoms with Crippen molar-refractivity contribution in [1.29, 1.82) is 0 Å². The molecule has 0 spiro atoms. The second-order valence-corrected chi connectivity index (χ2v) is 16.2. The molecule has 7 heteroatoms. The van der Waals surface area contributed by atoms with E-state index in [4.69, 9.17) is 19.9 Å². The molecule has 0 atom stereocenters. The Balaban J connectivity index is 1.05. The zero-order valence-electron chi connectivity index (χ0n) is 28.0. The number of hydrogen-bond acceptors (Lipinski definition) is 7. The van der Waals surface area contributed by atoms with Gasteiger partial charge >= 0.3 is 0 Å². The fraction of sp³-hybridized carbons (Fsp3) is 0. The number of fused-ring (bicyclic) bond motifs is 7. The zero-order valence-corrected chi connectivity index (χ0v) is 30.5. The van der Waals surface area contributed by atoms with Crippen LogP contribution in [0.1, 0.15) is 0 Å². The van der Waals surface area contributed by atoms with Crippen LogP contribution in [-0.2, 0) is 0 Å². The molecule has 4 heterocycles. The topological polar surface area (TPSA) is 51.6 Å². The Morgan fingerprint density at radius 2 is 0.925 bits per heavy atom. The van der Waals surface area contributed by atoms with Gasteiger partial charge in [0.15, 0.2) is 17.5 Å². The highest BCUT2D eigenvalue weighted by atomic mass is 32.1. The van der Waals surface area contributed by atoms with Crippen molar-refractivity contribution < 1.29 is 0 Å². The second-order valence-electron chi connectivity index (χ2n) is 13.0. The highest BCUT2D eigenvalue weighted by Gasteiger charge is 2.18. The molecule has 11 aromatic rings. The lowest BCUT2D eigenvalue weighted by Crippen LogP contribution is -2.00. The van der Waals surface area contributed by atoms with Gasteiger partial charge in [0.2, 0.25) is 0 Å². The highest BCUT2D eigenvalue weighted by molar-refractivity contribution is 7.26. The van der Waals surface area contributed by atoms with Crippen molar-refractivity contribution in [2.75, 3.05) is 0 Å². The van der Waals surface area contributed by atoms with Crippen LogP contribution in [0.15, 0.2) is 158 Å². The number of nitrogens with zero attached hydrogens (tertiary/aromatic N) is 4. The van der Waals surface area contributed by atoms with Gasteiger partial charge in [-0.2, -0.15) is 0 Å². The van der Waals surface area contributed by atoms with Gasteiger partial charge in [0.25, 0.3) is 0 Å². The number of thiophene rings is 2. The molecule has 4 nitrogen and oxygen atoms in total. The number of hydrogen-bond donors (Lipinski definition) is 0. The van der Waals surface area contributed by atoms with E-state index >= 15 is 0 Å². The van der Waals surface area contributed by atoms with E-state index in [1.165, 1.54) is 50.6 Å². The number of aromatic nitrogens is 4. The van der Waals surface area contributed by atoms with Crippen molar-refractivity contribution in [1.82, 2.24) is 19.9 Å². The molecule has 0 radical (unpaired) electrons. The summed E-state index contributed by atoms with van der Waals surface area (Å²) in [5, 5.41) is 6.03. The predicted octanol–water partition coefficient (Wildman–Crippen LogP) is 13.6. The minimum Gasteiger partial charge on any atom is -0.236 e. The Morgan fingerprint density at radius 1 is 0.321 bits per heavy atom. The molecule has 248 valence electrons. The molecule has 0 N–H and O–H groups in total. The van der Waals surface area contributed by atoms with E-state index in [2.05, 4.69) is 133 Å². The first kappa shape index (κ1) is 30.5. The summed E-state index contributed by atoms with van der Waals surface area (Å²) in [4.78, 5) is 20.3. The molecule has 0 bridgehead atoms. The largest absolute Gasteiger partial charge is 0.236 e. The maximum atomic E-state index is 5.19. The average molecular weight is 731 g/mol. The summed E-state index contributed by atoms with van der Waals surface area (Å²) >= 11 is 5.37. The molecular weight excluding hydrogens is 705 g/mol. The third kappa shape index (κ3) is 5.16. The number of benzene rings is 7. The number of para-hydroxylation sites is 1. The van der Waals surface area contributed by atoms with Crippen LogP contribution in [-0.4, -0.2) is 19.9 Å². The Hall–Kier alpha value is -6.12. The summed E-state index contributed by atoms with van der Waals surface area (Å²) in [6, 6.07) is 55.6. The predicted molar refractivity (Wildman–Crippen MR) is 226 cm³/mol. The summed E-state index contributed by atoms with van der Waals surface area (Å²) in [5.41, 5.74) is 7.43. The molecule has 0 aliphatic carbocycles. The fourth-order valence-electron chi connectivity index (χ4n) is 7.25. The SMILES string of the molecule is c1ccc(-c2nc(-c3cccc(-c4cccc5c4sc4ccc(-c6nc7ccccc7s6)cc45)c3)nc(-c3cccc4c3sc3ccccc34)n2)cc1. The van der Waals surface area contributed by atoms with Crippen molar-refractivity contribution in [3.05, 3.63) is 158 Å². The monoisotopic (exact) mass is 730 g/mol. The van der Waals surface area contributed by atoms with Crippen LogP contribution in [0, 0.1) is 0 Å². The summed E-state index contributed by atoms with van der Waals surface area (Å²) in [6.45, 7) is 0. The van der Waals surface area contributed by atoms with Crippen molar-refractivity contribution in [3.8, 4) is 55.9 Å². The van der Waals surface area contributed by atoms with Crippen LogP contribution in [0.25, 0.3) is 106 Å². The number of rotatable bonds is 5. The summed E-state index contributed by atoms with van der Waals surface area (Å²) in [7, 11) is 0. The van der Waals surface area contributed by atoms with Crippen LogP contribution < -0.4 is 0 Å². The van der Waals surface area contributed by atoms with Gasteiger partial charge in [-0.1, -0.05) is 115 Å². The molecule has 7 aromatic carbocycles. The normalized spacial score (nSPS) is 11.8. The first-order chi connectivity index (χ1) is 26.2. The summed E-state index contributed by atoms with van der Waals surface area (Å²) in [5.74, 6) is 1.98. The fourth-order valence-corrected chi connectivity index (χ4v) is 10.6. The smallest absolute Gasteiger partial charge is 0.165 e. The molecule has 4 aromatic heterocycles. The lowest BCUT2D eigenvalue weighted by molar-refractivity contribution is 1.08. The molecule has 0 aliphatic heterocycles. The van der Waals surface area contributed by atoms with Crippen molar-refractivity contribution in [2.24, 2.45) is 0 Å². The molecule has 0 saturated heterocycles. The minimum atomic E-state index is 0.651. The van der Waals surface area contributed by atoms with Gasteiger partial charge in [0.05, 0.1) is 10.2 Å². The maximum absolute atomic E-state index is 5.19. The molecule has 0 unspecified atom stereocenters. The van der Waals surface area contributed by atoms with Crippen molar-refractivity contribution >= 4 is 84.6 Å². The van der Waals surface area contributed by atoms with E-state index in [-0.39, 0.29) is 0 Å². The molecule has 0 amide bonds. The van der Waals surface area contributed by atoms with Crippen LogP contribution in [0.2, 0.25) is 0 Å². The molecule has 0 aliphatic rings. The first-order valence-corrected chi connectivity index (χ1v) is 19.8. The first-order valence-electron chi connectivity index (χ1n) is 17.4. The van der Waals surface area contributed by atoms with Gasteiger partial charge in [-0.25, -0.2) is 19.9 Å². The van der Waals surface area contributed by atoms with Crippen LogP contribution in [0.4, 0.5) is 0 Å². The Kier molecular flexibility index (Phi) is 7.05. The Labute approximate surface area is 316 Å². The van der Waals surface area contributed by atoms with Crippen LogP contribution in [0.5, 0.6) is 0 Å². The molecule has 0 fully saturated rings. The molecular formula is C46H26N4S3. The van der Waals surface area contributed by atoms with E-state index in [1.54, 1.807) is 22.7 Å². The number of thiazole rings is 1. The lowest BCUT2D eigenvalue weighted by atomic mass is 10.00. The molecule has 53 heavy (non-hydrogen) atoms. The van der Waals surface area contributed by atoms with Gasteiger partial charge in [0, 0.05) is 62.6 Å². The minimum absolute atomic E-state index is 0.651. The summed E-state index contributed by atoms with van der Waals surface area (Å²) < 4.78 is 6.17. The third-order valence-electron chi connectivity index (χ3n) is 9.78. The van der Waals surface area contributed by atoms with E-state index in [0.29, 0.717) is 17.5 Å². The maximum Gasteiger partial charge on any atom is 0.165 e. The quantitative estimate of drug-likeness (QED) is 0.177. The van der Waals surface area contributed by atoms with Gasteiger partial charge in [-0.05, 0) is 53.6 Å². The Morgan fingerprint density at radius 3 is 1.77 bits per heavy atom. The van der Waals surface area contributed by atoms with E-state index in [9.17, 15) is 0 Å². The van der Waals surface area contributed by atoms with E-state index < -0.39 is 0 Å². The lowest BCUT2D eigenvalue weighted by Gasteiger charge is -2.10. The Bertz CT molecular complexity index is 3160. The highest BCUT2D eigenvalue weighted by Crippen LogP contribution is 2.43. The second kappa shape index (κ2) is 12.2. The van der Waals surface area contributed by atoms with Crippen LogP contribution >= 0.6 is 34.0 Å². The standard InChI is InChI=1S/C46H26N4S3/c1-2-11-27(12-3-1)43-48-44(50-45(49-43)35-19-10-17-33-32-15-4-6-21-38(32)51-42(33)35)29-14-8-13-28(25-29)31-16-9-18-34-36-26-30(23-24-39(36)52-41(31)34)46-47-37-20-5-7-22-40(37)53-46/h1-26H. The van der Waals surface area contributed by atoms with Gasteiger partial charge in [-0.15, -0.1) is 34.0 Å². The molecule has 0 saturated carbocycles. The van der Waals surface area contributed by atoms with Crippen molar-refractivity contribution in [2.45, 2.75) is 0 Å². The van der Waals surface area contributed by atoms with Crippen LogP contribution in [0.3, 0.4) is 0 Å². The van der Waals surface area contributed by atoms with E-state index in [0.717, 1.165) is 38.3 Å². The molecule has 11 rings (SSSR count). The van der Waals surface area contributed by atoms with Crippen molar-refractivity contribution in [3.63, 3.8) is 0 Å². The van der Waals surface area contributed by atoms with E-state index in [1.807, 2.05) is 35.6 Å². The van der Waals surface area contributed by atoms with Gasteiger partial charge < -0.3 is 0 Å². The average Bonchev–Trinajstić information content (AvgIpc) is 3.94. The van der Waals surface area contributed by atoms with Gasteiger partial charge in [0.1, 0.15) is 5.01 Å². The summed E-state index contributed by atoms with van der Waals surface area (Å²) in [6.07, 6.45) is 0. The zero-order chi connectivity index (χ0) is 34.9. The van der Waals surface area contributed by atoms with Gasteiger partial charge in [-0.3, -0.25) is 0 Å².